The van der Waals surface area contributed by atoms with E-state index in [4.69, 9.17) is 11.6 Å². The molecule has 1 N–H and O–H groups in total. The minimum Gasteiger partial charge on any atom is -0.334 e. The number of nitrogens with one attached hydrogen (secondary N) is 1. The molecule has 0 aliphatic carbocycles. The minimum absolute atomic E-state index is 0.0292. The monoisotopic (exact) mass is 266 g/mol. The molecule has 1 aromatic carbocycles. The number of nitrogens with zero attached hydrogens (tertiary/aromatic N) is 1. The van der Waals surface area contributed by atoms with Crippen LogP contribution in [-0.4, -0.2) is 24.0 Å². The average Bonchev–Trinajstić information content (AvgIpc) is 2.36. The third kappa shape index (κ3) is 3.64. The van der Waals surface area contributed by atoms with E-state index in [1.807, 2.05) is 29.2 Å². The molecule has 0 bridgehead atoms. The van der Waals surface area contributed by atoms with Crippen LogP contribution in [0.4, 0.5) is 4.79 Å². The first-order valence-corrected chi connectivity index (χ1v) is 6.80. The molecule has 1 atom stereocenters. The number of carbonyl (C=O) groups excluding carboxylic acids is 1. The van der Waals surface area contributed by atoms with Crippen LogP contribution < -0.4 is 5.32 Å². The first-order chi connectivity index (χ1) is 8.65. The van der Waals surface area contributed by atoms with Crippen molar-refractivity contribution < 1.29 is 4.79 Å². The summed E-state index contributed by atoms with van der Waals surface area (Å²) in [5, 5.41) is 3.65. The standard InChI is InChI=1S/C14H19ClN2O/c1-11-4-3-7-17(10-11)14(18)16-9-12-5-2-6-13(15)8-12/h2,5-6,8,11H,3-4,7,9-10H2,1H3,(H,16,18). The van der Waals surface area contributed by atoms with E-state index >= 15 is 0 Å². The Hall–Kier alpha value is -1.22. The van der Waals surface area contributed by atoms with Crippen molar-refractivity contribution in [1.29, 1.82) is 0 Å². The van der Waals surface area contributed by atoms with Gasteiger partial charge in [0.15, 0.2) is 0 Å². The Morgan fingerprint density at radius 2 is 2.39 bits per heavy atom. The van der Waals surface area contributed by atoms with Gasteiger partial charge in [-0.3, -0.25) is 0 Å². The van der Waals surface area contributed by atoms with Gasteiger partial charge in [-0.25, -0.2) is 4.79 Å². The number of carbonyl (C=O) groups is 1. The highest BCUT2D eigenvalue weighted by molar-refractivity contribution is 6.30. The number of urea groups is 1. The van der Waals surface area contributed by atoms with Crippen LogP contribution in [0, 0.1) is 5.92 Å². The summed E-state index contributed by atoms with van der Waals surface area (Å²) in [5.41, 5.74) is 1.03. The number of likely N-dealkylation sites (tertiary alicyclic amines) is 1. The maximum absolute atomic E-state index is 12.0. The Kier molecular flexibility index (Phi) is 4.48. The third-order valence-corrected chi connectivity index (χ3v) is 3.51. The number of halogens is 1. The van der Waals surface area contributed by atoms with Crippen molar-refractivity contribution in [3.63, 3.8) is 0 Å². The molecule has 0 spiro atoms. The van der Waals surface area contributed by atoms with E-state index in [0.29, 0.717) is 17.5 Å². The molecule has 1 aromatic rings. The molecule has 1 heterocycles. The van der Waals surface area contributed by atoms with Crippen molar-refractivity contribution in [2.24, 2.45) is 5.92 Å². The molecule has 1 fully saturated rings. The number of benzene rings is 1. The molecule has 1 aliphatic rings. The van der Waals surface area contributed by atoms with Gasteiger partial charge in [-0.05, 0) is 36.5 Å². The van der Waals surface area contributed by atoms with Gasteiger partial charge in [0.1, 0.15) is 0 Å². The number of amides is 2. The molecule has 18 heavy (non-hydrogen) atoms. The number of hydrogen-bond donors (Lipinski definition) is 1. The predicted octanol–water partition coefficient (Wildman–Crippen LogP) is 3.28. The van der Waals surface area contributed by atoms with E-state index in [0.717, 1.165) is 25.1 Å². The lowest BCUT2D eigenvalue weighted by Crippen LogP contribution is -2.44. The topological polar surface area (TPSA) is 32.3 Å². The van der Waals surface area contributed by atoms with E-state index < -0.39 is 0 Å². The molecule has 4 heteroatoms. The smallest absolute Gasteiger partial charge is 0.317 e. The second kappa shape index (κ2) is 6.10. The molecule has 1 unspecified atom stereocenters. The Morgan fingerprint density at radius 1 is 1.56 bits per heavy atom. The summed E-state index contributed by atoms with van der Waals surface area (Å²) in [6, 6.07) is 7.60. The van der Waals surface area contributed by atoms with E-state index in [1.165, 1.54) is 6.42 Å². The van der Waals surface area contributed by atoms with Crippen molar-refractivity contribution in [3.8, 4) is 0 Å². The van der Waals surface area contributed by atoms with E-state index in [9.17, 15) is 4.79 Å². The van der Waals surface area contributed by atoms with Crippen molar-refractivity contribution in [3.05, 3.63) is 34.9 Å². The van der Waals surface area contributed by atoms with Crippen LogP contribution in [0.1, 0.15) is 25.3 Å². The van der Waals surface area contributed by atoms with Gasteiger partial charge in [0.05, 0.1) is 0 Å². The minimum atomic E-state index is 0.0292. The molecule has 1 saturated heterocycles. The summed E-state index contributed by atoms with van der Waals surface area (Å²) in [5.74, 6) is 0.607. The fourth-order valence-corrected chi connectivity index (χ4v) is 2.52. The highest BCUT2D eigenvalue weighted by atomic mass is 35.5. The van der Waals surface area contributed by atoms with Gasteiger partial charge in [0, 0.05) is 24.7 Å². The normalized spacial score (nSPS) is 19.7. The second-order valence-electron chi connectivity index (χ2n) is 4.98. The number of rotatable bonds is 2. The zero-order valence-electron chi connectivity index (χ0n) is 10.7. The van der Waals surface area contributed by atoms with Crippen molar-refractivity contribution in [1.82, 2.24) is 10.2 Å². The van der Waals surface area contributed by atoms with Gasteiger partial charge >= 0.3 is 6.03 Å². The predicted molar refractivity (Wildman–Crippen MR) is 73.7 cm³/mol. The lowest BCUT2D eigenvalue weighted by molar-refractivity contribution is 0.169. The van der Waals surface area contributed by atoms with Crippen LogP contribution in [0.15, 0.2) is 24.3 Å². The molecular weight excluding hydrogens is 248 g/mol. The van der Waals surface area contributed by atoms with Crippen LogP contribution in [-0.2, 0) is 6.54 Å². The Morgan fingerprint density at radius 3 is 3.11 bits per heavy atom. The largest absolute Gasteiger partial charge is 0.334 e. The molecule has 0 saturated carbocycles. The molecule has 3 nitrogen and oxygen atoms in total. The summed E-state index contributed by atoms with van der Waals surface area (Å²) in [4.78, 5) is 13.9. The van der Waals surface area contributed by atoms with E-state index in [1.54, 1.807) is 0 Å². The summed E-state index contributed by atoms with van der Waals surface area (Å²) >= 11 is 5.90. The van der Waals surface area contributed by atoms with Gasteiger partial charge in [-0.2, -0.15) is 0 Å². The van der Waals surface area contributed by atoms with Crippen molar-refractivity contribution in [2.75, 3.05) is 13.1 Å². The van der Waals surface area contributed by atoms with Crippen LogP contribution in [0.3, 0.4) is 0 Å². The first kappa shape index (κ1) is 13.2. The second-order valence-corrected chi connectivity index (χ2v) is 5.42. The van der Waals surface area contributed by atoms with E-state index in [-0.39, 0.29) is 6.03 Å². The quantitative estimate of drug-likeness (QED) is 0.875. The van der Waals surface area contributed by atoms with Crippen LogP contribution >= 0.6 is 11.6 Å². The van der Waals surface area contributed by atoms with Gasteiger partial charge in [-0.1, -0.05) is 30.7 Å². The van der Waals surface area contributed by atoms with Crippen LogP contribution in [0.2, 0.25) is 5.02 Å². The molecule has 2 amide bonds. The van der Waals surface area contributed by atoms with Gasteiger partial charge < -0.3 is 10.2 Å². The molecular formula is C14H19ClN2O. The van der Waals surface area contributed by atoms with Gasteiger partial charge in [0.25, 0.3) is 0 Å². The van der Waals surface area contributed by atoms with Gasteiger partial charge in [-0.15, -0.1) is 0 Å². The Labute approximate surface area is 113 Å². The molecule has 1 aliphatic heterocycles. The SMILES string of the molecule is CC1CCCN(C(=O)NCc2cccc(Cl)c2)C1. The first-order valence-electron chi connectivity index (χ1n) is 6.42. The summed E-state index contributed by atoms with van der Waals surface area (Å²) in [6.45, 7) is 4.45. The molecule has 98 valence electrons. The van der Waals surface area contributed by atoms with Crippen molar-refractivity contribution >= 4 is 17.6 Å². The van der Waals surface area contributed by atoms with Gasteiger partial charge in [0.2, 0.25) is 0 Å². The highest BCUT2D eigenvalue weighted by Crippen LogP contribution is 2.15. The maximum atomic E-state index is 12.0. The van der Waals surface area contributed by atoms with Crippen LogP contribution in [0.25, 0.3) is 0 Å². The molecule has 0 aromatic heterocycles. The highest BCUT2D eigenvalue weighted by Gasteiger charge is 2.20. The Balaban J connectivity index is 1.84. The zero-order chi connectivity index (χ0) is 13.0. The number of hydrogen-bond acceptors (Lipinski definition) is 1. The lowest BCUT2D eigenvalue weighted by Gasteiger charge is -2.30. The zero-order valence-corrected chi connectivity index (χ0v) is 11.4. The molecule has 2 rings (SSSR count). The third-order valence-electron chi connectivity index (χ3n) is 3.28. The fraction of sp³-hybridized carbons (Fsp3) is 0.500. The Bertz CT molecular complexity index is 422. The summed E-state index contributed by atoms with van der Waals surface area (Å²) in [7, 11) is 0. The summed E-state index contributed by atoms with van der Waals surface area (Å²) in [6.07, 6.45) is 2.32. The summed E-state index contributed by atoms with van der Waals surface area (Å²) < 4.78 is 0. The molecule has 0 radical (unpaired) electrons. The van der Waals surface area contributed by atoms with Crippen LogP contribution in [0.5, 0.6) is 0 Å². The maximum Gasteiger partial charge on any atom is 0.317 e. The fourth-order valence-electron chi connectivity index (χ4n) is 2.31. The lowest BCUT2D eigenvalue weighted by atomic mass is 10.0. The van der Waals surface area contributed by atoms with E-state index in [2.05, 4.69) is 12.2 Å². The van der Waals surface area contributed by atoms with Crippen molar-refractivity contribution in [2.45, 2.75) is 26.3 Å². The average molecular weight is 267 g/mol. The number of piperidine rings is 1.